The van der Waals surface area contributed by atoms with E-state index in [1.54, 1.807) is 26.9 Å². The van der Waals surface area contributed by atoms with E-state index in [4.69, 9.17) is 0 Å². The van der Waals surface area contributed by atoms with Crippen LogP contribution in [-0.4, -0.2) is 67.6 Å². The van der Waals surface area contributed by atoms with Crippen LogP contribution >= 0.6 is 0 Å². The first kappa shape index (κ1) is 19.1. The van der Waals surface area contributed by atoms with Crippen LogP contribution in [0.2, 0.25) is 0 Å². The Bertz CT molecular complexity index is 931. The second-order valence-corrected chi connectivity index (χ2v) is 7.94. The number of para-hydroxylation sites is 1. The smallest absolute Gasteiger partial charge is 0.325 e. The third-order valence-electron chi connectivity index (χ3n) is 5.63. The molecule has 9 nitrogen and oxygen atoms in total. The second-order valence-electron chi connectivity index (χ2n) is 7.94. The number of hydrogen-bond donors (Lipinski definition) is 1. The van der Waals surface area contributed by atoms with Crippen molar-refractivity contribution in [1.82, 2.24) is 29.9 Å². The Morgan fingerprint density at radius 1 is 1.21 bits per heavy atom. The van der Waals surface area contributed by atoms with Gasteiger partial charge in [0.2, 0.25) is 0 Å². The summed E-state index contributed by atoms with van der Waals surface area (Å²) in [5.41, 5.74) is 0.328. The standard InChI is InChI=1S/C20H24N6O3/c1-14(2)11-25-19(29)23-18(28)20(25)7-9-24(10-8-20)17(27)15-5-3-4-6-16(15)26-13-21-12-22-26/h3-6,12-14H,7-11H2,1-2H3,(H,23,28,29). The lowest BCUT2D eigenvalue weighted by atomic mass is 9.85. The molecule has 0 saturated carbocycles. The molecule has 0 aliphatic carbocycles. The van der Waals surface area contributed by atoms with Crippen molar-refractivity contribution in [3.63, 3.8) is 0 Å². The predicted octanol–water partition coefficient (Wildman–Crippen LogP) is 1.45. The van der Waals surface area contributed by atoms with E-state index in [1.807, 2.05) is 32.0 Å². The van der Waals surface area contributed by atoms with Gasteiger partial charge in [0.15, 0.2) is 0 Å². The van der Waals surface area contributed by atoms with Gasteiger partial charge < -0.3 is 9.80 Å². The van der Waals surface area contributed by atoms with Crippen LogP contribution in [0.5, 0.6) is 0 Å². The Kier molecular flexibility index (Phi) is 4.81. The van der Waals surface area contributed by atoms with Gasteiger partial charge in [-0.25, -0.2) is 14.5 Å². The third kappa shape index (κ3) is 3.26. The van der Waals surface area contributed by atoms with Crippen molar-refractivity contribution in [3.8, 4) is 5.69 Å². The van der Waals surface area contributed by atoms with Crippen molar-refractivity contribution in [2.24, 2.45) is 5.92 Å². The van der Waals surface area contributed by atoms with E-state index in [9.17, 15) is 14.4 Å². The van der Waals surface area contributed by atoms with Crippen molar-refractivity contribution < 1.29 is 14.4 Å². The molecule has 0 atom stereocenters. The molecule has 29 heavy (non-hydrogen) atoms. The lowest BCUT2D eigenvalue weighted by Gasteiger charge is -2.42. The SMILES string of the molecule is CC(C)CN1C(=O)NC(=O)C12CCN(C(=O)c1ccccc1-n1cncn1)CC2. The van der Waals surface area contributed by atoms with E-state index in [1.165, 1.54) is 6.33 Å². The number of rotatable bonds is 4. The molecule has 4 amide bonds. The van der Waals surface area contributed by atoms with E-state index in [0.717, 1.165) is 0 Å². The zero-order valence-corrected chi connectivity index (χ0v) is 16.5. The van der Waals surface area contributed by atoms with Crippen LogP contribution in [0.15, 0.2) is 36.9 Å². The normalized spacial score (nSPS) is 18.6. The molecule has 2 fully saturated rings. The Balaban J connectivity index is 1.54. The summed E-state index contributed by atoms with van der Waals surface area (Å²) in [6, 6.07) is 6.91. The minimum atomic E-state index is -0.858. The van der Waals surface area contributed by atoms with Crippen LogP contribution in [0.1, 0.15) is 37.0 Å². The molecule has 152 valence electrons. The largest absolute Gasteiger partial charge is 0.338 e. The highest BCUT2D eigenvalue weighted by molar-refractivity contribution is 6.07. The molecule has 1 aromatic heterocycles. The van der Waals surface area contributed by atoms with Crippen LogP contribution in [0, 0.1) is 5.92 Å². The Morgan fingerprint density at radius 2 is 1.93 bits per heavy atom. The van der Waals surface area contributed by atoms with Gasteiger partial charge in [0, 0.05) is 19.6 Å². The summed E-state index contributed by atoms with van der Waals surface area (Å²) in [5.74, 6) is -0.123. The van der Waals surface area contributed by atoms with Crippen LogP contribution < -0.4 is 5.32 Å². The Morgan fingerprint density at radius 3 is 2.59 bits per heavy atom. The number of urea groups is 1. The van der Waals surface area contributed by atoms with E-state index >= 15 is 0 Å². The van der Waals surface area contributed by atoms with Crippen molar-refractivity contribution in [1.29, 1.82) is 0 Å². The van der Waals surface area contributed by atoms with Gasteiger partial charge in [-0.15, -0.1) is 0 Å². The third-order valence-corrected chi connectivity index (χ3v) is 5.63. The average molecular weight is 396 g/mol. The molecule has 1 N–H and O–H groups in total. The van der Waals surface area contributed by atoms with Crippen molar-refractivity contribution >= 4 is 17.8 Å². The number of benzene rings is 1. The minimum Gasteiger partial charge on any atom is -0.338 e. The molecule has 3 heterocycles. The van der Waals surface area contributed by atoms with Crippen molar-refractivity contribution in [3.05, 3.63) is 42.5 Å². The number of nitrogens with zero attached hydrogens (tertiary/aromatic N) is 5. The molecule has 2 aliphatic heterocycles. The van der Waals surface area contributed by atoms with Crippen LogP contribution in [0.3, 0.4) is 0 Å². The van der Waals surface area contributed by atoms with E-state index in [0.29, 0.717) is 43.7 Å². The van der Waals surface area contributed by atoms with Crippen LogP contribution in [-0.2, 0) is 4.79 Å². The molecule has 2 saturated heterocycles. The van der Waals surface area contributed by atoms with Gasteiger partial charge in [0.05, 0.1) is 11.3 Å². The van der Waals surface area contributed by atoms with Gasteiger partial charge in [-0.1, -0.05) is 26.0 Å². The zero-order chi connectivity index (χ0) is 20.6. The van der Waals surface area contributed by atoms with Gasteiger partial charge in [0.25, 0.3) is 11.8 Å². The second kappa shape index (κ2) is 7.31. The number of likely N-dealkylation sites (tertiary alicyclic amines) is 1. The highest BCUT2D eigenvalue weighted by Gasteiger charge is 2.54. The molecule has 2 aromatic rings. The van der Waals surface area contributed by atoms with Gasteiger partial charge >= 0.3 is 6.03 Å². The maximum absolute atomic E-state index is 13.2. The summed E-state index contributed by atoms with van der Waals surface area (Å²) in [5, 5.41) is 6.59. The number of carbonyl (C=O) groups excluding carboxylic acids is 3. The first-order valence-corrected chi connectivity index (χ1v) is 9.79. The number of amides is 4. The van der Waals surface area contributed by atoms with Gasteiger partial charge in [-0.3, -0.25) is 14.9 Å². The van der Waals surface area contributed by atoms with Crippen molar-refractivity contribution in [2.45, 2.75) is 32.2 Å². The highest BCUT2D eigenvalue weighted by Crippen LogP contribution is 2.34. The number of piperidine rings is 1. The van der Waals surface area contributed by atoms with Crippen LogP contribution in [0.4, 0.5) is 4.79 Å². The van der Waals surface area contributed by atoms with Gasteiger partial charge in [-0.05, 0) is 30.9 Å². The molecule has 0 radical (unpaired) electrons. The quantitative estimate of drug-likeness (QED) is 0.789. The minimum absolute atomic E-state index is 0.119. The summed E-state index contributed by atoms with van der Waals surface area (Å²) in [7, 11) is 0. The van der Waals surface area contributed by atoms with Gasteiger partial charge in [0.1, 0.15) is 18.2 Å². The fourth-order valence-corrected chi connectivity index (χ4v) is 4.15. The summed E-state index contributed by atoms with van der Waals surface area (Å²) in [4.78, 5) is 45.5. The summed E-state index contributed by atoms with van der Waals surface area (Å²) in [6.07, 6.45) is 3.82. The molecule has 1 spiro atoms. The molecule has 1 aromatic carbocycles. The molecular formula is C20H24N6O3. The Hall–Kier alpha value is -3.23. The van der Waals surface area contributed by atoms with Gasteiger partial charge in [-0.2, -0.15) is 5.10 Å². The maximum atomic E-state index is 13.2. The van der Waals surface area contributed by atoms with Crippen LogP contribution in [0.25, 0.3) is 5.69 Å². The lowest BCUT2D eigenvalue weighted by Crippen LogP contribution is -2.58. The number of imide groups is 1. The first-order valence-electron chi connectivity index (χ1n) is 9.79. The molecular weight excluding hydrogens is 372 g/mol. The number of hydrogen-bond acceptors (Lipinski definition) is 5. The molecule has 2 aliphatic rings. The summed E-state index contributed by atoms with van der Waals surface area (Å²) < 4.78 is 1.56. The summed E-state index contributed by atoms with van der Waals surface area (Å²) in [6.45, 7) is 5.35. The number of aromatic nitrogens is 3. The zero-order valence-electron chi connectivity index (χ0n) is 16.5. The molecule has 9 heteroatoms. The van der Waals surface area contributed by atoms with E-state index in [2.05, 4.69) is 15.4 Å². The maximum Gasteiger partial charge on any atom is 0.325 e. The van der Waals surface area contributed by atoms with Crippen molar-refractivity contribution in [2.75, 3.05) is 19.6 Å². The fourth-order valence-electron chi connectivity index (χ4n) is 4.15. The molecule has 4 rings (SSSR count). The predicted molar refractivity (Wildman–Crippen MR) is 104 cm³/mol. The molecule has 0 unspecified atom stereocenters. The lowest BCUT2D eigenvalue weighted by molar-refractivity contribution is -0.129. The average Bonchev–Trinajstić information content (AvgIpc) is 3.32. The molecule has 0 bridgehead atoms. The van der Waals surface area contributed by atoms with E-state index in [-0.39, 0.29) is 23.8 Å². The summed E-state index contributed by atoms with van der Waals surface area (Å²) >= 11 is 0. The highest BCUT2D eigenvalue weighted by atomic mass is 16.2. The number of nitrogens with one attached hydrogen (secondary N) is 1. The Labute approximate surface area is 168 Å². The number of carbonyl (C=O) groups is 3. The topological polar surface area (TPSA) is 100 Å². The monoisotopic (exact) mass is 396 g/mol. The van der Waals surface area contributed by atoms with E-state index < -0.39 is 5.54 Å². The fraction of sp³-hybridized carbons (Fsp3) is 0.450. The first-order chi connectivity index (χ1) is 13.9.